The van der Waals surface area contributed by atoms with E-state index in [1.165, 1.54) is 0 Å². The van der Waals surface area contributed by atoms with Crippen molar-refractivity contribution in [1.29, 1.82) is 0 Å². The Morgan fingerprint density at radius 3 is 2.29 bits per heavy atom. The lowest BCUT2D eigenvalue weighted by Gasteiger charge is -2.39. The number of nitrogens with one attached hydrogen (secondary N) is 1. The minimum absolute atomic E-state index is 0.421. The molecule has 0 saturated carbocycles. The van der Waals surface area contributed by atoms with Gasteiger partial charge in [-0.3, -0.25) is 14.5 Å². The number of benzene rings is 1. The molecule has 1 saturated heterocycles. The molecule has 1 atom stereocenters. The van der Waals surface area contributed by atoms with Crippen molar-refractivity contribution < 1.29 is 14.4 Å². The highest BCUT2D eigenvalue weighted by Gasteiger charge is 2.59. The molecule has 0 aliphatic carbocycles. The molecule has 4 amide bonds. The van der Waals surface area contributed by atoms with Crippen molar-refractivity contribution >= 4 is 17.8 Å². The van der Waals surface area contributed by atoms with E-state index in [4.69, 9.17) is 5.73 Å². The number of nitrogens with zero attached hydrogens (tertiary/aromatic N) is 1. The lowest BCUT2D eigenvalue weighted by molar-refractivity contribution is -0.138. The maximum absolute atomic E-state index is 12.9. The van der Waals surface area contributed by atoms with Gasteiger partial charge in [-0.05, 0) is 11.0 Å². The molecule has 1 heterocycles. The SMILES string of the molecule is CC(C)(C)[C@]1(c2ccccc2)NC(=O)N(CC(N)=O)C1=O. The quantitative estimate of drug-likeness (QED) is 0.812. The number of primary amides is 1. The summed E-state index contributed by atoms with van der Waals surface area (Å²) in [6.07, 6.45) is 0. The van der Waals surface area contributed by atoms with Crippen molar-refractivity contribution in [3.8, 4) is 0 Å². The summed E-state index contributed by atoms with van der Waals surface area (Å²) in [6, 6.07) is 8.42. The van der Waals surface area contributed by atoms with Gasteiger partial charge >= 0.3 is 6.03 Å². The summed E-state index contributed by atoms with van der Waals surface area (Å²) in [6.45, 7) is 5.18. The Balaban J connectivity index is 2.57. The summed E-state index contributed by atoms with van der Waals surface area (Å²) in [7, 11) is 0. The van der Waals surface area contributed by atoms with Gasteiger partial charge in [0, 0.05) is 0 Å². The number of hydrogen-bond donors (Lipinski definition) is 2. The summed E-state index contributed by atoms with van der Waals surface area (Å²) in [4.78, 5) is 37.0. The van der Waals surface area contributed by atoms with Gasteiger partial charge in [0.15, 0.2) is 5.54 Å². The highest BCUT2D eigenvalue weighted by Crippen LogP contribution is 2.43. The number of imide groups is 1. The lowest BCUT2D eigenvalue weighted by atomic mass is 9.69. The molecule has 0 bridgehead atoms. The van der Waals surface area contributed by atoms with E-state index in [-0.39, 0.29) is 0 Å². The van der Waals surface area contributed by atoms with Crippen molar-refractivity contribution in [2.75, 3.05) is 6.54 Å². The molecule has 1 aromatic rings. The summed E-state index contributed by atoms with van der Waals surface area (Å²) in [5, 5.41) is 2.76. The first kappa shape index (κ1) is 15.0. The van der Waals surface area contributed by atoms with Crippen molar-refractivity contribution in [2.45, 2.75) is 26.3 Å². The van der Waals surface area contributed by atoms with Gasteiger partial charge in [0.1, 0.15) is 6.54 Å². The largest absolute Gasteiger partial charge is 0.368 e. The molecule has 0 radical (unpaired) electrons. The van der Waals surface area contributed by atoms with Crippen LogP contribution in [0.5, 0.6) is 0 Å². The number of amides is 4. The van der Waals surface area contributed by atoms with E-state index in [0.29, 0.717) is 5.56 Å². The number of carbonyl (C=O) groups is 3. The van der Waals surface area contributed by atoms with Gasteiger partial charge in [0.05, 0.1) is 0 Å². The van der Waals surface area contributed by atoms with Gasteiger partial charge in [-0.15, -0.1) is 0 Å². The van der Waals surface area contributed by atoms with Gasteiger partial charge in [-0.25, -0.2) is 4.79 Å². The second-order valence-electron chi connectivity index (χ2n) is 6.15. The number of carbonyl (C=O) groups excluding carboxylic acids is 3. The second-order valence-corrected chi connectivity index (χ2v) is 6.15. The third kappa shape index (κ3) is 2.26. The number of rotatable bonds is 3. The Kier molecular flexibility index (Phi) is 3.49. The smallest absolute Gasteiger partial charge is 0.325 e. The topological polar surface area (TPSA) is 92.5 Å². The Labute approximate surface area is 123 Å². The summed E-state index contributed by atoms with van der Waals surface area (Å²) in [5.74, 6) is -1.18. The summed E-state index contributed by atoms with van der Waals surface area (Å²) < 4.78 is 0. The van der Waals surface area contributed by atoms with Gasteiger partial charge in [-0.2, -0.15) is 0 Å². The lowest BCUT2D eigenvalue weighted by Crippen LogP contribution is -2.54. The zero-order valence-corrected chi connectivity index (χ0v) is 12.3. The van der Waals surface area contributed by atoms with Crippen LogP contribution in [-0.4, -0.2) is 29.3 Å². The average molecular weight is 289 g/mol. The molecule has 6 heteroatoms. The molecular weight excluding hydrogens is 270 g/mol. The first-order valence-corrected chi connectivity index (χ1v) is 6.68. The van der Waals surface area contributed by atoms with E-state index in [1.54, 1.807) is 24.3 Å². The first-order valence-electron chi connectivity index (χ1n) is 6.68. The monoisotopic (exact) mass is 289 g/mol. The standard InChI is InChI=1S/C15H19N3O3/c1-14(2,3)15(10-7-5-4-6-8-10)12(20)18(9-11(16)19)13(21)17-15/h4-8H,9H2,1-3H3,(H2,16,19)(H,17,21)/t15-/m1/s1. The Bertz CT molecular complexity index is 592. The van der Waals surface area contributed by atoms with Crippen LogP contribution in [-0.2, 0) is 15.1 Å². The molecule has 112 valence electrons. The van der Waals surface area contributed by atoms with Crippen LogP contribution in [0.1, 0.15) is 26.3 Å². The average Bonchev–Trinajstić information content (AvgIpc) is 2.64. The molecule has 1 aliphatic heterocycles. The van der Waals surface area contributed by atoms with E-state index in [0.717, 1.165) is 4.90 Å². The molecule has 1 aliphatic rings. The maximum Gasteiger partial charge on any atom is 0.325 e. The molecule has 0 aromatic heterocycles. The Morgan fingerprint density at radius 1 is 1.24 bits per heavy atom. The van der Waals surface area contributed by atoms with E-state index in [2.05, 4.69) is 5.32 Å². The molecule has 3 N–H and O–H groups in total. The van der Waals surface area contributed by atoms with E-state index >= 15 is 0 Å². The van der Waals surface area contributed by atoms with Crippen LogP contribution in [0.15, 0.2) is 30.3 Å². The highest BCUT2D eigenvalue weighted by molar-refractivity contribution is 6.09. The predicted molar refractivity (Wildman–Crippen MR) is 77.0 cm³/mol. The van der Waals surface area contributed by atoms with Crippen molar-refractivity contribution in [1.82, 2.24) is 10.2 Å². The minimum Gasteiger partial charge on any atom is -0.368 e. The maximum atomic E-state index is 12.9. The fourth-order valence-corrected chi connectivity index (χ4v) is 2.70. The van der Waals surface area contributed by atoms with Crippen LogP contribution in [0.4, 0.5) is 4.79 Å². The first-order chi connectivity index (χ1) is 9.70. The third-order valence-electron chi connectivity index (χ3n) is 3.75. The fraction of sp³-hybridized carbons (Fsp3) is 0.400. The van der Waals surface area contributed by atoms with E-state index < -0.39 is 35.3 Å². The van der Waals surface area contributed by atoms with Crippen LogP contribution in [0.2, 0.25) is 0 Å². The zero-order chi connectivity index (χ0) is 15.8. The second kappa shape index (κ2) is 4.87. The van der Waals surface area contributed by atoms with Crippen LogP contribution in [0.25, 0.3) is 0 Å². The zero-order valence-electron chi connectivity index (χ0n) is 12.3. The summed E-state index contributed by atoms with van der Waals surface area (Å²) >= 11 is 0. The molecular formula is C15H19N3O3. The van der Waals surface area contributed by atoms with E-state index in [9.17, 15) is 14.4 Å². The number of nitrogens with two attached hydrogens (primary N) is 1. The predicted octanol–water partition coefficient (Wildman–Crippen LogP) is 0.965. The summed E-state index contributed by atoms with van der Waals surface area (Å²) in [5.41, 5.74) is 4.02. The van der Waals surface area contributed by atoms with Crippen LogP contribution < -0.4 is 11.1 Å². The van der Waals surface area contributed by atoms with Gasteiger partial charge in [0.2, 0.25) is 5.91 Å². The van der Waals surface area contributed by atoms with Crippen LogP contribution in [0.3, 0.4) is 0 Å². The van der Waals surface area contributed by atoms with Gasteiger partial charge in [-0.1, -0.05) is 51.1 Å². The normalized spacial score (nSPS) is 22.3. The van der Waals surface area contributed by atoms with Gasteiger partial charge < -0.3 is 11.1 Å². The Hall–Kier alpha value is -2.37. The highest BCUT2D eigenvalue weighted by atomic mass is 16.2. The molecule has 1 aromatic carbocycles. The number of hydrogen-bond acceptors (Lipinski definition) is 3. The van der Waals surface area contributed by atoms with Crippen molar-refractivity contribution in [3.63, 3.8) is 0 Å². The van der Waals surface area contributed by atoms with E-state index in [1.807, 2.05) is 26.8 Å². The third-order valence-corrected chi connectivity index (χ3v) is 3.75. The molecule has 21 heavy (non-hydrogen) atoms. The molecule has 1 fully saturated rings. The van der Waals surface area contributed by atoms with Crippen molar-refractivity contribution in [2.24, 2.45) is 11.1 Å². The fourth-order valence-electron chi connectivity index (χ4n) is 2.70. The number of urea groups is 1. The van der Waals surface area contributed by atoms with Crippen LogP contribution in [0, 0.1) is 5.41 Å². The molecule has 6 nitrogen and oxygen atoms in total. The van der Waals surface area contributed by atoms with Gasteiger partial charge in [0.25, 0.3) is 5.91 Å². The van der Waals surface area contributed by atoms with Crippen molar-refractivity contribution in [3.05, 3.63) is 35.9 Å². The Morgan fingerprint density at radius 2 is 1.81 bits per heavy atom. The minimum atomic E-state index is -1.21. The molecule has 0 spiro atoms. The molecule has 0 unspecified atom stereocenters. The molecule has 2 rings (SSSR count). The van der Waals surface area contributed by atoms with Crippen LogP contribution >= 0.6 is 0 Å².